The highest BCUT2D eigenvalue weighted by atomic mass is 16.5. The highest BCUT2D eigenvalue weighted by molar-refractivity contribution is 4.62. The third-order valence-electron chi connectivity index (χ3n) is 3.72. The summed E-state index contributed by atoms with van der Waals surface area (Å²) in [6, 6.07) is 0. The molecule has 0 radical (unpaired) electrons. The molecule has 0 saturated carbocycles. The van der Waals surface area contributed by atoms with Crippen molar-refractivity contribution in [2.45, 2.75) is 39.9 Å². The summed E-state index contributed by atoms with van der Waals surface area (Å²) in [7, 11) is 0. The Hall–Kier alpha value is -0.320. The van der Waals surface area contributed by atoms with Gasteiger partial charge in [-0.1, -0.05) is 27.7 Å². The summed E-state index contributed by atoms with van der Waals surface area (Å²) >= 11 is 0. The van der Waals surface area contributed by atoms with Crippen molar-refractivity contribution in [3.63, 3.8) is 0 Å². The first kappa shape index (κ1) is 27.7. The Balaban J connectivity index is 3.21. The second-order valence-corrected chi connectivity index (χ2v) is 8.08. The van der Waals surface area contributed by atoms with Crippen LogP contribution in [0.2, 0.25) is 0 Å². The summed E-state index contributed by atoms with van der Waals surface area (Å²) < 4.78 is 10.8. The lowest BCUT2D eigenvalue weighted by molar-refractivity contribution is 0.0262. The molecule has 0 bridgehead atoms. The van der Waals surface area contributed by atoms with Gasteiger partial charge in [0.1, 0.15) is 0 Å². The van der Waals surface area contributed by atoms with Crippen molar-refractivity contribution in [1.29, 1.82) is 0 Å². The van der Waals surface area contributed by atoms with Crippen LogP contribution in [0.15, 0.2) is 0 Å². The molecule has 0 heterocycles. The summed E-state index contributed by atoms with van der Waals surface area (Å²) in [5.74, 6) is 0.990. The van der Waals surface area contributed by atoms with Crippen molar-refractivity contribution >= 4 is 0 Å². The Kier molecular flexibility index (Phi) is 19.7. The minimum absolute atomic E-state index is 0.387. The lowest BCUT2D eigenvalue weighted by Crippen LogP contribution is -2.38. The minimum atomic E-state index is -0.451. The van der Waals surface area contributed by atoms with Crippen molar-refractivity contribution in [2.24, 2.45) is 11.8 Å². The maximum Gasteiger partial charge on any atom is 0.0897 e. The van der Waals surface area contributed by atoms with Crippen LogP contribution in [0, 0.1) is 11.8 Å². The van der Waals surface area contributed by atoms with E-state index < -0.39 is 12.2 Å². The van der Waals surface area contributed by atoms with Gasteiger partial charge in [-0.25, -0.2) is 0 Å². The quantitative estimate of drug-likeness (QED) is 0.141. The first-order chi connectivity index (χ1) is 13.4. The summed E-state index contributed by atoms with van der Waals surface area (Å²) in [5, 5.41) is 32.6. The van der Waals surface area contributed by atoms with Gasteiger partial charge >= 0.3 is 0 Å². The fourth-order valence-corrected chi connectivity index (χ4v) is 2.32. The maximum atomic E-state index is 9.76. The first-order valence-electron chi connectivity index (χ1n) is 10.8. The Labute approximate surface area is 172 Å². The molecule has 0 amide bonds. The van der Waals surface area contributed by atoms with Gasteiger partial charge in [0.2, 0.25) is 0 Å². The number of hydrogen-bond acceptors (Lipinski definition) is 8. The fraction of sp³-hybridized carbons (Fsp3) is 1.00. The van der Waals surface area contributed by atoms with E-state index in [1.54, 1.807) is 0 Å². The van der Waals surface area contributed by atoms with Gasteiger partial charge in [0.15, 0.2) is 0 Å². The zero-order chi connectivity index (χ0) is 21.0. The normalized spacial score (nSPS) is 14.1. The van der Waals surface area contributed by atoms with E-state index in [-0.39, 0.29) is 0 Å². The summed E-state index contributed by atoms with van der Waals surface area (Å²) in [5.41, 5.74) is 0. The fourth-order valence-electron chi connectivity index (χ4n) is 2.32. The van der Waals surface area contributed by atoms with Crippen LogP contribution < -0.4 is 21.3 Å². The molecule has 0 fully saturated rings. The molecule has 0 spiro atoms. The van der Waals surface area contributed by atoms with Crippen molar-refractivity contribution in [3.8, 4) is 0 Å². The van der Waals surface area contributed by atoms with Crippen LogP contribution in [0.4, 0.5) is 0 Å². The van der Waals surface area contributed by atoms with Crippen LogP contribution in [0.1, 0.15) is 27.7 Å². The molecule has 0 rings (SSSR count). The number of aliphatic hydroxyl groups is 2. The van der Waals surface area contributed by atoms with Crippen LogP contribution in [0.5, 0.6) is 0 Å². The third-order valence-corrected chi connectivity index (χ3v) is 3.72. The molecule has 6 N–H and O–H groups in total. The summed E-state index contributed by atoms with van der Waals surface area (Å²) in [4.78, 5) is 0. The molecule has 170 valence electrons. The van der Waals surface area contributed by atoms with Gasteiger partial charge in [0, 0.05) is 65.6 Å². The van der Waals surface area contributed by atoms with E-state index in [9.17, 15) is 10.2 Å². The van der Waals surface area contributed by atoms with Crippen molar-refractivity contribution < 1.29 is 19.7 Å². The van der Waals surface area contributed by atoms with Crippen LogP contribution in [0.3, 0.4) is 0 Å². The van der Waals surface area contributed by atoms with Crippen molar-refractivity contribution in [2.75, 3.05) is 78.8 Å². The van der Waals surface area contributed by atoms with Gasteiger partial charge in [0.25, 0.3) is 0 Å². The average molecular weight is 407 g/mol. The van der Waals surface area contributed by atoms with Gasteiger partial charge in [-0.15, -0.1) is 0 Å². The predicted octanol–water partition coefficient (Wildman–Crippen LogP) is -0.588. The Morgan fingerprint density at radius 1 is 0.536 bits per heavy atom. The van der Waals surface area contributed by atoms with Gasteiger partial charge in [0.05, 0.1) is 25.4 Å². The molecule has 2 atom stereocenters. The topological polar surface area (TPSA) is 107 Å². The number of ether oxygens (including phenoxy) is 2. The highest BCUT2D eigenvalue weighted by Crippen LogP contribution is 1.94. The molecule has 0 aromatic heterocycles. The molecule has 0 aromatic rings. The molecule has 0 aliphatic carbocycles. The number of hydrogen-bond donors (Lipinski definition) is 6. The van der Waals surface area contributed by atoms with Crippen LogP contribution in [-0.2, 0) is 9.47 Å². The standard InChI is InChI=1S/C20H46N4O4/c1-17(2)13-27-15-19(25)11-23-9-7-21-5-6-22-8-10-24-12-20(26)16-28-14-18(3)4/h17-26H,5-16H2,1-4H3. The van der Waals surface area contributed by atoms with Crippen molar-refractivity contribution in [1.82, 2.24) is 21.3 Å². The van der Waals surface area contributed by atoms with E-state index in [0.29, 0.717) is 51.4 Å². The second kappa shape index (κ2) is 20.0. The zero-order valence-electron chi connectivity index (χ0n) is 18.5. The van der Waals surface area contributed by atoms with Crippen LogP contribution in [0.25, 0.3) is 0 Å². The predicted molar refractivity (Wildman–Crippen MR) is 115 cm³/mol. The number of nitrogens with one attached hydrogen (secondary N) is 4. The molecular weight excluding hydrogens is 360 g/mol. The molecule has 0 aromatic carbocycles. The molecular formula is C20H46N4O4. The molecule has 0 aliphatic heterocycles. The third kappa shape index (κ3) is 22.0. The highest BCUT2D eigenvalue weighted by Gasteiger charge is 2.05. The lowest BCUT2D eigenvalue weighted by atomic mass is 10.2. The molecule has 28 heavy (non-hydrogen) atoms. The Morgan fingerprint density at radius 2 is 0.857 bits per heavy atom. The zero-order valence-corrected chi connectivity index (χ0v) is 18.5. The monoisotopic (exact) mass is 406 g/mol. The van der Waals surface area contributed by atoms with E-state index in [4.69, 9.17) is 9.47 Å². The average Bonchev–Trinajstić information content (AvgIpc) is 2.62. The number of aliphatic hydroxyl groups excluding tert-OH is 2. The second-order valence-electron chi connectivity index (χ2n) is 8.08. The molecule has 2 unspecified atom stereocenters. The van der Waals surface area contributed by atoms with Gasteiger partial charge in [-0.05, 0) is 11.8 Å². The van der Waals surface area contributed by atoms with Crippen LogP contribution >= 0.6 is 0 Å². The Morgan fingerprint density at radius 3 is 1.18 bits per heavy atom. The van der Waals surface area contributed by atoms with E-state index in [0.717, 1.165) is 39.3 Å². The van der Waals surface area contributed by atoms with Crippen LogP contribution in [-0.4, -0.2) is 101 Å². The summed E-state index contributed by atoms with van der Waals surface area (Å²) in [6.07, 6.45) is -0.901. The first-order valence-corrected chi connectivity index (χ1v) is 10.8. The number of rotatable bonds is 21. The summed E-state index contributed by atoms with van der Waals surface area (Å²) in [6.45, 7) is 16.8. The largest absolute Gasteiger partial charge is 0.389 e. The maximum absolute atomic E-state index is 9.76. The van der Waals surface area contributed by atoms with E-state index in [1.165, 1.54) is 0 Å². The van der Waals surface area contributed by atoms with Gasteiger partial charge < -0.3 is 41.0 Å². The molecule has 8 heteroatoms. The van der Waals surface area contributed by atoms with E-state index in [2.05, 4.69) is 49.0 Å². The molecule has 0 aliphatic rings. The molecule has 0 saturated heterocycles. The molecule has 8 nitrogen and oxygen atoms in total. The smallest absolute Gasteiger partial charge is 0.0897 e. The van der Waals surface area contributed by atoms with Crippen molar-refractivity contribution in [3.05, 3.63) is 0 Å². The van der Waals surface area contributed by atoms with E-state index in [1.807, 2.05) is 0 Å². The van der Waals surface area contributed by atoms with E-state index >= 15 is 0 Å². The SMILES string of the molecule is CC(C)COCC(O)CNCCNCCNCCNCC(O)COCC(C)C. The van der Waals surface area contributed by atoms with Gasteiger partial charge in [-0.2, -0.15) is 0 Å². The van der Waals surface area contributed by atoms with Gasteiger partial charge in [-0.3, -0.25) is 0 Å². The minimum Gasteiger partial charge on any atom is -0.389 e. The lowest BCUT2D eigenvalue weighted by Gasteiger charge is -2.14. The Bertz CT molecular complexity index is 293.